The first-order valence-corrected chi connectivity index (χ1v) is 9.58. The molecule has 0 N–H and O–H groups in total. The molecule has 0 aromatic carbocycles. The quantitative estimate of drug-likeness (QED) is 0.367. The van der Waals surface area contributed by atoms with Gasteiger partial charge in [0.2, 0.25) is 0 Å². The van der Waals surface area contributed by atoms with Crippen molar-refractivity contribution >= 4 is 55.4 Å². The van der Waals surface area contributed by atoms with Gasteiger partial charge in [-0.2, -0.15) is 22.0 Å². The largest absolute Gasteiger partial charge is 4.00 e. The number of fused-ring (bicyclic) bond motifs is 2. The van der Waals surface area contributed by atoms with E-state index in [9.17, 15) is 0 Å². The van der Waals surface area contributed by atoms with Gasteiger partial charge in [-0.15, -0.1) is 21.1 Å². The molecule has 0 bridgehead atoms. The van der Waals surface area contributed by atoms with Crippen LogP contribution in [0.5, 0.6) is 0 Å². The van der Waals surface area contributed by atoms with E-state index in [-0.39, 0.29) is 51.0 Å². The van der Waals surface area contributed by atoms with Crippen LogP contribution >= 0.6 is 55.4 Å². The van der Waals surface area contributed by atoms with Crippen LogP contribution in [-0.4, -0.2) is 10.5 Å². The number of hydrogen-bond acceptors (Lipinski definition) is 2. The van der Waals surface area contributed by atoms with Gasteiger partial charge in [-0.25, -0.2) is 0 Å². The average Bonchev–Trinajstić information content (AvgIpc) is 3.09. The van der Waals surface area contributed by atoms with E-state index in [2.05, 4.69) is 80.8 Å². The number of hydrogen-bond donors (Lipinski definition) is 0. The van der Waals surface area contributed by atoms with E-state index in [1.165, 1.54) is 22.3 Å². The maximum absolute atomic E-state index is 3.46. The van der Waals surface area contributed by atoms with Crippen LogP contribution in [0.25, 0.3) is 0 Å². The van der Waals surface area contributed by atoms with E-state index in [0.29, 0.717) is 10.5 Å². The fraction of sp³-hybridized carbons (Fsp3) is 0.250. The molecule has 120 valence electrons. The molecule has 0 saturated heterocycles. The van der Waals surface area contributed by atoms with Crippen LogP contribution < -0.4 is 24.8 Å². The summed E-state index contributed by atoms with van der Waals surface area (Å²) in [5.74, 6) is 0. The van der Waals surface area contributed by atoms with Crippen molar-refractivity contribution in [2.45, 2.75) is 24.3 Å². The molecular formula is C16H12Br2Cl2S2Zr. The van der Waals surface area contributed by atoms with Crippen molar-refractivity contribution in [2.75, 3.05) is 0 Å². The first-order chi connectivity index (χ1) is 9.54. The molecule has 2 aliphatic carbocycles. The van der Waals surface area contributed by atoms with Crippen molar-refractivity contribution in [2.24, 2.45) is 0 Å². The number of halogens is 4. The van der Waals surface area contributed by atoms with E-state index in [4.69, 9.17) is 0 Å². The molecule has 2 heterocycles. The zero-order chi connectivity index (χ0) is 14.3. The average molecular weight is 590 g/mol. The monoisotopic (exact) mass is 586 g/mol. The molecule has 0 amide bonds. The van der Waals surface area contributed by atoms with Gasteiger partial charge < -0.3 is 24.8 Å². The summed E-state index contributed by atoms with van der Waals surface area (Å²) in [5.41, 5.74) is 5.49. The molecule has 23 heavy (non-hydrogen) atoms. The molecule has 0 spiro atoms. The fourth-order valence-electron chi connectivity index (χ4n) is 2.33. The van der Waals surface area contributed by atoms with E-state index < -0.39 is 0 Å². The normalized spacial score (nSPS) is 25.6. The van der Waals surface area contributed by atoms with Gasteiger partial charge in [0.1, 0.15) is 0 Å². The van der Waals surface area contributed by atoms with Gasteiger partial charge in [0, 0.05) is 0 Å². The second kappa shape index (κ2) is 10.6. The molecule has 0 aromatic heterocycles. The van der Waals surface area contributed by atoms with Crippen LogP contribution in [0.1, 0.15) is 13.8 Å². The first-order valence-electron chi connectivity index (χ1n) is 6.23. The minimum atomic E-state index is 0. The van der Waals surface area contributed by atoms with Crippen LogP contribution in [0, 0.1) is 10.8 Å². The molecule has 0 aromatic rings. The van der Waals surface area contributed by atoms with Gasteiger partial charge in [0.05, 0.1) is 0 Å². The van der Waals surface area contributed by atoms with Gasteiger partial charge in [0.15, 0.2) is 0 Å². The van der Waals surface area contributed by atoms with E-state index in [0.717, 1.165) is 8.96 Å². The topological polar surface area (TPSA) is 0 Å². The van der Waals surface area contributed by atoms with Crippen molar-refractivity contribution in [1.29, 1.82) is 0 Å². The zero-order valence-corrected chi connectivity index (χ0v) is 21.1. The molecule has 2 unspecified atom stereocenters. The zero-order valence-electron chi connectivity index (χ0n) is 12.3. The van der Waals surface area contributed by atoms with Gasteiger partial charge in [0.25, 0.3) is 0 Å². The number of rotatable bonds is 0. The van der Waals surface area contributed by atoms with E-state index in [1.807, 2.05) is 0 Å². The number of allylic oxidation sites excluding steroid dienone is 6. The minimum Gasteiger partial charge on any atom is -1.00 e. The minimum absolute atomic E-state index is 0. The Morgan fingerprint density at radius 3 is 1.48 bits per heavy atom. The Labute approximate surface area is 195 Å². The van der Waals surface area contributed by atoms with E-state index >= 15 is 0 Å². The summed E-state index contributed by atoms with van der Waals surface area (Å²) >= 11 is 10.4. The van der Waals surface area contributed by atoms with Gasteiger partial charge >= 0.3 is 26.2 Å². The van der Waals surface area contributed by atoms with Gasteiger partial charge in [-0.3, -0.25) is 23.5 Å². The molecule has 0 radical (unpaired) electrons. The fourth-order valence-corrected chi connectivity index (χ4v) is 5.80. The molecule has 4 rings (SSSR count). The summed E-state index contributed by atoms with van der Waals surface area (Å²) in [4.78, 5) is 0. The molecule has 7 heteroatoms. The predicted molar refractivity (Wildman–Crippen MR) is 97.8 cm³/mol. The van der Waals surface area contributed by atoms with Crippen LogP contribution in [0.15, 0.2) is 55.6 Å². The SMILES string of the molecule is CC1=CC2S[C-]=C(Br)C2=C1.CC1=CC2S[C-]=C(Br)C2=C1.[Cl-].[Cl-].[Zr+4]. The molecule has 4 aliphatic rings. The van der Waals surface area contributed by atoms with Crippen molar-refractivity contribution in [1.82, 2.24) is 0 Å². The van der Waals surface area contributed by atoms with Crippen LogP contribution in [0.2, 0.25) is 0 Å². The summed E-state index contributed by atoms with van der Waals surface area (Å²) in [7, 11) is 0. The van der Waals surface area contributed by atoms with Crippen LogP contribution in [-0.2, 0) is 26.2 Å². The third-order valence-electron chi connectivity index (χ3n) is 3.27. The summed E-state index contributed by atoms with van der Waals surface area (Å²) in [5, 5.41) is 7.46. The van der Waals surface area contributed by atoms with Crippen LogP contribution in [0.3, 0.4) is 0 Å². The summed E-state index contributed by atoms with van der Waals surface area (Å²) in [6.45, 7) is 4.26. The summed E-state index contributed by atoms with van der Waals surface area (Å²) in [6, 6.07) is 0. The molecule has 0 fully saturated rings. The predicted octanol–water partition coefficient (Wildman–Crippen LogP) is 0.0607. The Balaban J connectivity index is 0.000000372. The van der Waals surface area contributed by atoms with Crippen molar-refractivity contribution < 1.29 is 51.0 Å². The first kappa shape index (κ1) is 24.6. The van der Waals surface area contributed by atoms with Gasteiger partial charge in [-0.1, -0.05) is 55.2 Å². The Hall–Kier alpha value is 1.56. The Kier molecular flexibility index (Phi) is 11.4. The van der Waals surface area contributed by atoms with Crippen molar-refractivity contribution in [3.63, 3.8) is 0 Å². The molecular weight excluding hydrogens is 578 g/mol. The van der Waals surface area contributed by atoms with E-state index in [1.54, 1.807) is 23.5 Å². The van der Waals surface area contributed by atoms with Crippen molar-refractivity contribution in [3.8, 4) is 0 Å². The molecule has 0 saturated carbocycles. The molecule has 0 nitrogen and oxygen atoms in total. The smallest absolute Gasteiger partial charge is 1.00 e. The van der Waals surface area contributed by atoms with Crippen molar-refractivity contribution in [3.05, 3.63) is 66.4 Å². The maximum atomic E-state index is 3.46. The van der Waals surface area contributed by atoms with Crippen LogP contribution in [0.4, 0.5) is 0 Å². The van der Waals surface area contributed by atoms with Gasteiger partial charge in [-0.05, 0) is 24.3 Å². The summed E-state index contributed by atoms with van der Waals surface area (Å²) < 4.78 is 2.27. The Bertz CT molecular complexity index is 592. The maximum Gasteiger partial charge on any atom is 4.00 e. The third kappa shape index (κ3) is 5.77. The standard InChI is InChI=1S/2C8H6BrS.2ClH.Zr/c2*1-5-2-6-7(9)4-10-8(6)3-5;;;/h2*2-3,8H,1H3;2*1H;/q2*-1;;;+4/p-2. The number of thioether (sulfide) groups is 2. The third-order valence-corrected chi connectivity index (χ3v) is 7.03. The Morgan fingerprint density at radius 2 is 1.17 bits per heavy atom. The Morgan fingerprint density at radius 1 is 0.826 bits per heavy atom. The summed E-state index contributed by atoms with van der Waals surface area (Å²) in [6.07, 6.45) is 8.95. The second-order valence-electron chi connectivity index (χ2n) is 4.93. The second-order valence-corrected chi connectivity index (χ2v) is 8.41. The molecule has 2 aliphatic heterocycles. The molecule has 2 atom stereocenters.